The van der Waals surface area contributed by atoms with E-state index in [0.29, 0.717) is 0 Å². The second kappa shape index (κ2) is 8.53. The molecule has 19 heteroatoms. The molecule has 0 bridgehead atoms. The van der Waals surface area contributed by atoms with Crippen molar-refractivity contribution >= 4 is 43.9 Å². The Balaban J connectivity index is 1.86. The molecule has 2 unspecified atom stereocenters. The fourth-order valence-electron chi connectivity index (χ4n) is 2.62. The van der Waals surface area contributed by atoms with Crippen molar-refractivity contribution in [2.45, 2.75) is 24.5 Å². The standard InChI is InChI=1S/C10H11N5O11P2S/c11-8-5-9(13-2-12-8)15(3-14-5)10-6(16)7(25-27(17)18)4(24-10)1-23-29(21,22)26-28(19)20/h2-4,6-7,10,16H,1H2,(H2,11,12,13)/t4-,6-,7-,10-/m1/s1. The minimum atomic E-state index is -4.97. The van der Waals surface area contributed by atoms with Crippen LogP contribution in [0.25, 0.3) is 11.2 Å². The molecule has 0 aliphatic carbocycles. The maximum atomic E-state index is 11.4. The van der Waals surface area contributed by atoms with Gasteiger partial charge in [-0.25, -0.2) is 19.1 Å². The highest BCUT2D eigenvalue weighted by Crippen LogP contribution is 2.36. The number of hydrogen-bond donors (Lipinski definition) is 2. The predicted octanol–water partition coefficient (Wildman–Crippen LogP) is -2.63. The second-order valence-corrected chi connectivity index (χ2v) is 8.18. The lowest BCUT2D eigenvalue weighted by molar-refractivity contribution is -0.193. The number of ether oxygens (including phenoxy) is 1. The summed E-state index contributed by atoms with van der Waals surface area (Å²) >= 11 is 0. The zero-order valence-corrected chi connectivity index (χ0v) is 16.5. The van der Waals surface area contributed by atoms with Gasteiger partial charge >= 0.3 is 26.9 Å². The van der Waals surface area contributed by atoms with E-state index in [4.69, 9.17) is 10.5 Å². The highest BCUT2D eigenvalue weighted by atomic mass is 32.3. The summed E-state index contributed by atoms with van der Waals surface area (Å²) in [6.45, 7) is -0.934. The van der Waals surface area contributed by atoms with E-state index in [2.05, 4.69) is 27.6 Å². The van der Waals surface area contributed by atoms with Gasteiger partial charge in [0, 0.05) is 3.97 Å². The van der Waals surface area contributed by atoms with Gasteiger partial charge < -0.3 is 25.4 Å². The smallest absolute Gasteiger partial charge is 0.507 e. The summed E-state index contributed by atoms with van der Waals surface area (Å²) in [7, 11) is -12.2. The van der Waals surface area contributed by atoms with Gasteiger partial charge in [0.15, 0.2) is 23.8 Å². The van der Waals surface area contributed by atoms with E-state index >= 15 is 0 Å². The van der Waals surface area contributed by atoms with Gasteiger partial charge in [0.2, 0.25) is 0 Å². The summed E-state index contributed by atoms with van der Waals surface area (Å²) in [5.74, 6) is 0.0338. The molecule has 29 heavy (non-hydrogen) atoms. The van der Waals surface area contributed by atoms with Crippen LogP contribution < -0.4 is 15.5 Å². The predicted molar refractivity (Wildman–Crippen MR) is 85.7 cm³/mol. The number of nitrogens with two attached hydrogens (primary N) is 1. The molecule has 1 saturated heterocycles. The minimum Gasteiger partial charge on any atom is -0.566 e. The number of rotatable bonds is 8. The Morgan fingerprint density at radius 3 is 2.66 bits per heavy atom. The molecule has 0 saturated carbocycles. The fourth-order valence-corrected chi connectivity index (χ4v) is 4.14. The van der Waals surface area contributed by atoms with Crippen molar-refractivity contribution in [1.82, 2.24) is 19.5 Å². The number of aromatic nitrogens is 4. The first-order valence-electron chi connectivity index (χ1n) is 7.40. The van der Waals surface area contributed by atoms with Crippen LogP contribution >= 0.6 is 16.5 Å². The average Bonchev–Trinajstić information content (AvgIpc) is 3.15. The van der Waals surface area contributed by atoms with Crippen LogP contribution in [0.15, 0.2) is 12.7 Å². The number of aliphatic hydroxyl groups excluding tert-OH is 1. The molecule has 16 nitrogen and oxygen atoms in total. The van der Waals surface area contributed by atoms with Gasteiger partial charge in [-0.2, -0.15) is 8.42 Å². The quantitative estimate of drug-likeness (QED) is 0.374. The van der Waals surface area contributed by atoms with Crippen molar-refractivity contribution in [3.05, 3.63) is 12.7 Å². The highest BCUT2D eigenvalue weighted by Gasteiger charge is 2.50. The number of nitrogens with zero attached hydrogens (tertiary/aromatic N) is 4. The minimum absolute atomic E-state index is 0.0338. The first kappa shape index (κ1) is 21.9. The van der Waals surface area contributed by atoms with Crippen molar-refractivity contribution < 1.29 is 49.9 Å². The number of aliphatic hydroxyl groups is 1. The van der Waals surface area contributed by atoms with Crippen LogP contribution in [0.4, 0.5) is 5.82 Å². The number of imidazole rings is 1. The molecule has 1 aliphatic rings. The van der Waals surface area contributed by atoms with Gasteiger partial charge in [0.05, 0.1) is 12.9 Å². The van der Waals surface area contributed by atoms with Crippen molar-refractivity contribution in [2.24, 2.45) is 0 Å². The van der Waals surface area contributed by atoms with Crippen LogP contribution in [-0.2, 0) is 36.9 Å². The first-order valence-corrected chi connectivity index (χ1v) is 10.9. The first-order chi connectivity index (χ1) is 13.6. The Bertz CT molecular complexity index is 1050. The molecule has 6 atom stereocenters. The summed E-state index contributed by atoms with van der Waals surface area (Å²) in [6.07, 6.45) is -3.75. The third-order valence-electron chi connectivity index (χ3n) is 3.71. The third-order valence-corrected chi connectivity index (χ3v) is 5.76. The van der Waals surface area contributed by atoms with Gasteiger partial charge in [-0.05, 0) is 9.13 Å². The molecule has 158 valence electrons. The number of fused-ring (bicyclic) bond motifs is 1. The average molecular weight is 471 g/mol. The van der Waals surface area contributed by atoms with E-state index in [1.807, 2.05) is 0 Å². The largest absolute Gasteiger partial charge is 0.566 e. The molecule has 0 spiro atoms. The summed E-state index contributed by atoms with van der Waals surface area (Å²) in [5.41, 5.74) is 5.98. The topological polar surface area (TPSA) is 241 Å². The summed E-state index contributed by atoms with van der Waals surface area (Å²) in [6, 6.07) is 0. The Labute approximate surface area is 163 Å². The summed E-state index contributed by atoms with van der Waals surface area (Å²) in [5, 5.41) is 10.5. The van der Waals surface area contributed by atoms with Gasteiger partial charge in [-0.1, -0.05) is 0 Å². The van der Waals surface area contributed by atoms with Crippen LogP contribution in [-0.4, -0.2) is 58.0 Å². The SMILES string of the molecule is Nc1ncnc2c1ncn2[C@@H]1O[C@H](COS(=O)(=O)O[P+](=O)[O-])[C@@H](O[P+](=O)[O-])[C@H]1O. The number of nitrogen functional groups attached to an aromatic ring is 1. The van der Waals surface area contributed by atoms with Gasteiger partial charge in [-0.15, -0.1) is 4.52 Å². The Morgan fingerprint density at radius 2 is 2.00 bits per heavy atom. The number of anilines is 1. The molecular weight excluding hydrogens is 460 g/mol. The van der Waals surface area contributed by atoms with E-state index in [0.717, 1.165) is 6.33 Å². The molecule has 0 radical (unpaired) electrons. The Hall–Kier alpha value is -1.78. The van der Waals surface area contributed by atoms with Crippen molar-refractivity contribution in [2.75, 3.05) is 12.3 Å². The van der Waals surface area contributed by atoms with E-state index < -0.39 is 58.1 Å². The molecule has 1 fully saturated rings. The monoisotopic (exact) mass is 471 g/mol. The summed E-state index contributed by atoms with van der Waals surface area (Å²) < 4.78 is 63.3. The van der Waals surface area contributed by atoms with Crippen molar-refractivity contribution in [3.8, 4) is 0 Å². The molecule has 3 rings (SSSR count). The molecule has 0 amide bonds. The van der Waals surface area contributed by atoms with E-state index in [1.54, 1.807) is 0 Å². The Kier molecular flexibility index (Phi) is 6.45. The van der Waals surface area contributed by atoms with Crippen LogP contribution in [0, 0.1) is 0 Å². The van der Waals surface area contributed by atoms with Crippen LogP contribution in [0.2, 0.25) is 0 Å². The van der Waals surface area contributed by atoms with Gasteiger partial charge in [0.1, 0.15) is 24.1 Å². The van der Waals surface area contributed by atoms with E-state index in [1.165, 1.54) is 10.9 Å². The van der Waals surface area contributed by atoms with Gasteiger partial charge in [-0.3, -0.25) is 4.57 Å². The lowest BCUT2D eigenvalue weighted by Crippen LogP contribution is -2.36. The third kappa shape index (κ3) is 4.87. The molecule has 2 aromatic heterocycles. The molecule has 3 heterocycles. The zero-order valence-electron chi connectivity index (χ0n) is 13.9. The fraction of sp³-hybridized carbons (Fsp3) is 0.500. The maximum absolute atomic E-state index is 11.4. The number of hydrogen-bond acceptors (Lipinski definition) is 15. The second-order valence-electron chi connectivity index (χ2n) is 5.42. The normalized spacial score (nSPS) is 26.0. The lowest BCUT2D eigenvalue weighted by Gasteiger charge is -2.16. The molecule has 2 aromatic rings. The maximum Gasteiger partial charge on any atom is 0.507 e. The van der Waals surface area contributed by atoms with Gasteiger partial charge in [0.25, 0.3) is 0 Å². The van der Waals surface area contributed by atoms with E-state index in [-0.39, 0.29) is 17.0 Å². The highest BCUT2D eigenvalue weighted by molar-refractivity contribution is 7.85. The lowest BCUT2D eigenvalue weighted by atomic mass is 10.1. The zero-order chi connectivity index (χ0) is 21.3. The van der Waals surface area contributed by atoms with Crippen LogP contribution in [0.1, 0.15) is 6.23 Å². The molecule has 0 aromatic carbocycles. The van der Waals surface area contributed by atoms with Crippen molar-refractivity contribution in [3.63, 3.8) is 0 Å². The van der Waals surface area contributed by atoms with Crippen LogP contribution in [0.5, 0.6) is 0 Å². The van der Waals surface area contributed by atoms with Crippen LogP contribution in [0.3, 0.4) is 0 Å². The molecular formula is C10H11N5O11P2S. The molecule has 1 aliphatic heterocycles. The Morgan fingerprint density at radius 1 is 1.28 bits per heavy atom. The summed E-state index contributed by atoms with van der Waals surface area (Å²) in [4.78, 5) is 33.0. The molecule has 3 N–H and O–H groups in total. The van der Waals surface area contributed by atoms with E-state index in [9.17, 15) is 32.4 Å². The van der Waals surface area contributed by atoms with Crippen molar-refractivity contribution in [1.29, 1.82) is 0 Å².